The Labute approximate surface area is 148 Å². The van der Waals surface area contributed by atoms with Crippen LogP contribution < -0.4 is 10.1 Å². The molecule has 2 rings (SSSR count). The molecule has 0 aliphatic rings. The predicted molar refractivity (Wildman–Crippen MR) is 89.7 cm³/mol. The van der Waals surface area contributed by atoms with Gasteiger partial charge < -0.3 is 10.1 Å². The van der Waals surface area contributed by atoms with Crippen molar-refractivity contribution < 1.29 is 18.3 Å². The first kappa shape index (κ1) is 19.1. The van der Waals surface area contributed by atoms with Gasteiger partial charge in [0.25, 0.3) is 0 Å². The summed E-state index contributed by atoms with van der Waals surface area (Å²) in [5, 5.41) is 14.3. The van der Waals surface area contributed by atoms with Gasteiger partial charge in [-0.2, -0.15) is 8.78 Å². The van der Waals surface area contributed by atoms with Gasteiger partial charge >= 0.3 is 6.61 Å². The Balaban J connectivity index is 1.93. The molecule has 0 radical (unpaired) electrons. The van der Waals surface area contributed by atoms with E-state index in [1.165, 1.54) is 36.0 Å². The van der Waals surface area contributed by atoms with E-state index < -0.39 is 11.9 Å². The molecule has 1 aromatic carbocycles. The van der Waals surface area contributed by atoms with E-state index in [4.69, 9.17) is 0 Å². The van der Waals surface area contributed by atoms with Crippen molar-refractivity contribution in [3.8, 4) is 5.75 Å². The fourth-order valence-corrected chi connectivity index (χ4v) is 2.72. The second-order valence-electron chi connectivity index (χ2n) is 5.69. The first-order valence-corrected chi connectivity index (χ1v) is 8.51. The lowest BCUT2D eigenvalue weighted by Crippen LogP contribution is -2.23. The van der Waals surface area contributed by atoms with E-state index in [1.807, 2.05) is 13.8 Å². The minimum Gasteiger partial charge on any atom is -0.435 e. The van der Waals surface area contributed by atoms with E-state index >= 15 is 0 Å². The number of aromatic nitrogens is 4. The van der Waals surface area contributed by atoms with Gasteiger partial charge in [0.2, 0.25) is 11.1 Å². The first-order chi connectivity index (χ1) is 11.8. The van der Waals surface area contributed by atoms with Gasteiger partial charge in [-0.25, -0.2) is 4.68 Å². The highest BCUT2D eigenvalue weighted by Gasteiger charge is 2.19. The van der Waals surface area contributed by atoms with Crippen LogP contribution in [-0.2, 0) is 11.3 Å². The number of ether oxygens (including phenoxy) is 1. The van der Waals surface area contributed by atoms with Crippen LogP contribution in [0.15, 0.2) is 29.4 Å². The lowest BCUT2D eigenvalue weighted by atomic mass is 10.2. The van der Waals surface area contributed by atoms with Crippen LogP contribution in [0.2, 0.25) is 0 Å². The van der Waals surface area contributed by atoms with Gasteiger partial charge in [-0.1, -0.05) is 25.6 Å². The van der Waals surface area contributed by atoms with Crippen molar-refractivity contribution in [2.45, 2.75) is 44.3 Å². The molecular weight excluding hydrogens is 352 g/mol. The SMILES string of the molecule is CC(C)Cn1nnnc1SC(C)C(=O)Nc1ccc(OC(F)F)cc1. The molecule has 1 atom stereocenters. The smallest absolute Gasteiger partial charge is 0.387 e. The van der Waals surface area contributed by atoms with Crippen LogP contribution in [0.1, 0.15) is 20.8 Å². The maximum Gasteiger partial charge on any atom is 0.387 e. The van der Waals surface area contributed by atoms with Gasteiger partial charge in [0.15, 0.2) is 0 Å². The van der Waals surface area contributed by atoms with Crippen molar-refractivity contribution in [1.82, 2.24) is 20.2 Å². The number of benzene rings is 1. The van der Waals surface area contributed by atoms with Crippen molar-refractivity contribution in [2.75, 3.05) is 5.32 Å². The summed E-state index contributed by atoms with van der Waals surface area (Å²) in [7, 11) is 0. The molecule has 1 aromatic heterocycles. The third-order valence-electron chi connectivity index (χ3n) is 3.04. The number of hydrogen-bond acceptors (Lipinski definition) is 6. The fraction of sp³-hybridized carbons (Fsp3) is 0.467. The summed E-state index contributed by atoms with van der Waals surface area (Å²) >= 11 is 1.25. The second kappa shape index (κ2) is 8.75. The molecule has 7 nitrogen and oxygen atoms in total. The van der Waals surface area contributed by atoms with E-state index in [-0.39, 0.29) is 11.7 Å². The molecule has 1 N–H and O–H groups in total. The standard InChI is InChI=1S/C15H19F2N5O2S/c1-9(2)8-22-15(19-20-21-22)25-10(3)13(23)18-11-4-6-12(7-5-11)24-14(16)17/h4-7,9-10,14H,8H2,1-3H3,(H,18,23). The molecule has 10 heteroatoms. The molecule has 0 aliphatic heterocycles. The average molecular weight is 371 g/mol. The molecule has 25 heavy (non-hydrogen) atoms. The summed E-state index contributed by atoms with van der Waals surface area (Å²) in [6.07, 6.45) is 0. The number of thioether (sulfide) groups is 1. The molecule has 1 unspecified atom stereocenters. The predicted octanol–water partition coefficient (Wildman–Crippen LogP) is 3.05. The van der Waals surface area contributed by atoms with Gasteiger partial charge in [0.05, 0.1) is 5.25 Å². The molecule has 0 spiro atoms. The minimum atomic E-state index is -2.88. The van der Waals surface area contributed by atoms with Crippen LogP contribution in [0, 0.1) is 5.92 Å². The second-order valence-corrected chi connectivity index (χ2v) is 7.00. The summed E-state index contributed by atoms with van der Waals surface area (Å²) in [6.45, 7) is 3.62. The largest absolute Gasteiger partial charge is 0.435 e. The normalized spacial score (nSPS) is 12.4. The number of rotatable bonds is 8. The number of tetrazole rings is 1. The average Bonchev–Trinajstić information content (AvgIpc) is 2.94. The minimum absolute atomic E-state index is 0.0308. The van der Waals surface area contributed by atoms with Gasteiger partial charge in [0, 0.05) is 12.2 Å². The summed E-state index contributed by atoms with van der Waals surface area (Å²) in [5.41, 5.74) is 0.487. The molecule has 0 aliphatic carbocycles. The number of carbonyl (C=O) groups excluding carboxylic acids is 1. The van der Waals surface area contributed by atoms with Crippen LogP contribution in [-0.4, -0.2) is 38.0 Å². The molecular formula is C15H19F2N5O2S. The summed E-state index contributed by atoms with van der Waals surface area (Å²) in [6, 6.07) is 5.72. The Hall–Kier alpha value is -2.23. The highest BCUT2D eigenvalue weighted by Crippen LogP contribution is 2.23. The maximum absolute atomic E-state index is 12.3. The van der Waals surface area contributed by atoms with Crippen LogP contribution in [0.25, 0.3) is 0 Å². The van der Waals surface area contributed by atoms with Crippen molar-refractivity contribution in [2.24, 2.45) is 5.92 Å². The molecule has 1 heterocycles. The molecule has 2 aromatic rings. The molecule has 1 amide bonds. The molecule has 136 valence electrons. The highest BCUT2D eigenvalue weighted by molar-refractivity contribution is 8.00. The number of anilines is 1. The van der Waals surface area contributed by atoms with Crippen LogP contribution >= 0.6 is 11.8 Å². The zero-order chi connectivity index (χ0) is 18.4. The first-order valence-electron chi connectivity index (χ1n) is 7.63. The number of nitrogens with one attached hydrogen (secondary N) is 1. The third kappa shape index (κ3) is 5.96. The number of hydrogen-bond donors (Lipinski definition) is 1. The van der Waals surface area contributed by atoms with E-state index in [0.717, 1.165) is 0 Å². The topological polar surface area (TPSA) is 81.9 Å². The lowest BCUT2D eigenvalue weighted by Gasteiger charge is -2.13. The van der Waals surface area contributed by atoms with Crippen LogP contribution in [0.5, 0.6) is 5.75 Å². The quantitative estimate of drug-likeness (QED) is 0.718. The van der Waals surface area contributed by atoms with E-state index in [1.54, 1.807) is 11.6 Å². The van der Waals surface area contributed by atoms with E-state index in [0.29, 0.717) is 23.3 Å². The van der Waals surface area contributed by atoms with Gasteiger partial charge in [-0.05, 0) is 47.5 Å². The summed E-state index contributed by atoms with van der Waals surface area (Å²) in [4.78, 5) is 12.3. The lowest BCUT2D eigenvalue weighted by molar-refractivity contribution is -0.115. The highest BCUT2D eigenvalue weighted by atomic mass is 32.2. The number of nitrogens with zero attached hydrogens (tertiary/aromatic N) is 4. The Morgan fingerprint density at radius 1 is 1.28 bits per heavy atom. The Kier molecular flexibility index (Phi) is 6.68. The van der Waals surface area contributed by atoms with Crippen molar-refractivity contribution >= 4 is 23.4 Å². The molecule has 0 saturated carbocycles. The summed E-state index contributed by atoms with van der Waals surface area (Å²) < 4.78 is 30.2. The van der Waals surface area contributed by atoms with Crippen molar-refractivity contribution in [1.29, 1.82) is 0 Å². The van der Waals surface area contributed by atoms with Crippen molar-refractivity contribution in [3.05, 3.63) is 24.3 Å². The van der Waals surface area contributed by atoms with E-state index in [9.17, 15) is 13.6 Å². The molecule has 0 fully saturated rings. The number of amides is 1. The fourth-order valence-electron chi connectivity index (χ4n) is 1.92. The van der Waals surface area contributed by atoms with Gasteiger partial charge in [-0.3, -0.25) is 4.79 Å². The number of halogens is 2. The molecule has 0 saturated heterocycles. The Morgan fingerprint density at radius 2 is 1.96 bits per heavy atom. The number of alkyl halides is 2. The van der Waals surface area contributed by atoms with Crippen LogP contribution in [0.3, 0.4) is 0 Å². The number of carbonyl (C=O) groups is 1. The van der Waals surface area contributed by atoms with Gasteiger partial charge in [-0.15, -0.1) is 5.10 Å². The van der Waals surface area contributed by atoms with E-state index in [2.05, 4.69) is 25.6 Å². The third-order valence-corrected chi connectivity index (χ3v) is 4.11. The molecule has 0 bridgehead atoms. The zero-order valence-corrected chi connectivity index (χ0v) is 14.8. The zero-order valence-electron chi connectivity index (χ0n) is 14.0. The van der Waals surface area contributed by atoms with Gasteiger partial charge in [0.1, 0.15) is 5.75 Å². The van der Waals surface area contributed by atoms with Crippen LogP contribution in [0.4, 0.5) is 14.5 Å². The Bertz CT molecular complexity index is 693. The summed E-state index contributed by atoms with van der Waals surface area (Å²) in [5.74, 6) is 0.163. The monoisotopic (exact) mass is 371 g/mol. The van der Waals surface area contributed by atoms with Crippen molar-refractivity contribution in [3.63, 3.8) is 0 Å². The maximum atomic E-state index is 12.3. The Morgan fingerprint density at radius 3 is 2.56 bits per heavy atom.